The van der Waals surface area contributed by atoms with Crippen molar-refractivity contribution >= 4 is 0 Å². The van der Waals surface area contributed by atoms with Crippen LogP contribution in [0.1, 0.15) is 22.4 Å². The Hall–Kier alpha value is -1.90. The van der Waals surface area contributed by atoms with Gasteiger partial charge in [-0.1, -0.05) is 6.07 Å². The van der Waals surface area contributed by atoms with Crippen LogP contribution in [-0.4, -0.2) is 9.97 Å². The predicted molar refractivity (Wildman–Crippen MR) is 69.2 cm³/mol. The van der Waals surface area contributed by atoms with Crippen molar-refractivity contribution in [1.82, 2.24) is 9.97 Å². The largest absolute Gasteiger partial charge is 0.307 e. The molecule has 1 aromatic heterocycles. The average molecular weight is 228 g/mol. The molecule has 0 fully saturated rings. The first kappa shape index (κ1) is 11.6. The highest BCUT2D eigenvalue weighted by Gasteiger charge is 2.07. The topological polar surface area (TPSA) is 45.8 Å². The van der Waals surface area contributed by atoms with Crippen LogP contribution in [0.2, 0.25) is 0 Å². The van der Waals surface area contributed by atoms with Crippen LogP contribution in [0.5, 0.6) is 0 Å². The number of aromatic amines is 1. The Morgan fingerprint density at radius 2 is 1.59 bits per heavy atom. The number of nitrogens with zero attached hydrogens (tertiary/aromatic N) is 1. The van der Waals surface area contributed by atoms with Crippen LogP contribution in [0, 0.1) is 27.7 Å². The molecule has 0 bridgehead atoms. The number of hydrogen-bond donors (Lipinski definition) is 1. The molecule has 2 rings (SSSR count). The first-order valence-electron chi connectivity index (χ1n) is 5.63. The predicted octanol–water partition coefficient (Wildman–Crippen LogP) is 2.67. The lowest BCUT2D eigenvalue weighted by atomic mass is 10.0. The maximum absolute atomic E-state index is 11.5. The standard InChI is InChI=1S/C14H16N2O/c1-8-5-10(3)12(6-9(8)2)14-15-11(4)7-13(17)16-14/h5-7H,1-4H3,(H,15,16,17). The monoisotopic (exact) mass is 228 g/mol. The summed E-state index contributed by atoms with van der Waals surface area (Å²) in [6, 6.07) is 5.69. The highest BCUT2D eigenvalue weighted by Crippen LogP contribution is 2.22. The van der Waals surface area contributed by atoms with Gasteiger partial charge < -0.3 is 4.98 Å². The van der Waals surface area contributed by atoms with Gasteiger partial charge in [-0.25, -0.2) is 4.98 Å². The van der Waals surface area contributed by atoms with Crippen LogP contribution in [-0.2, 0) is 0 Å². The number of H-pyrrole nitrogens is 1. The van der Waals surface area contributed by atoms with E-state index in [1.54, 1.807) is 0 Å². The summed E-state index contributed by atoms with van der Waals surface area (Å²) in [5, 5.41) is 0. The van der Waals surface area contributed by atoms with Gasteiger partial charge in [-0.3, -0.25) is 4.79 Å². The Balaban J connectivity index is 2.68. The van der Waals surface area contributed by atoms with E-state index in [1.165, 1.54) is 17.2 Å². The van der Waals surface area contributed by atoms with Gasteiger partial charge in [-0.15, -0.1) is 0 Å². The molecule has 0 amide bonds. The summed E-state index contributed by atoms with van der Waals surface area (Å²) >= 11 is 0. The van der Waals surface area contributed by atoms with Crippen LogP contribution in [0.25, 0.3) is 11.4 Å². The van der Waals surface area contributed by atoms with Crippen LogP contribution in [0.3, 0.4) is 0 Å². The molecule has 88 valence electrons. The van der Waals surface area contributed by atoms with Gasteiger partial charge in [0.25, 0.3) is 5.56 Å². The molecule has 0 saturated carbocycles. The van der Waals surface area contributed by atoms with Crippen molar-refractivity contribution in [1.29, 1.82) is 0 Å². The van der Waals surface area contributed by atoms with E-state index in [4.69, 9.17) is 0 Å². The number of benzene rings is 1. The molecule has 0 radical (unpaired) electrons. The summed E-state index contributed by atoms with van der Waals surface area (Å²) in [5.41, 5.74) is 5.21. The van der Waals surface area contributed by atoms with Gasteiger partial charge in [0, 0.05) is 17.3 Å². The summed E-state index contributed by atoms with van der Waals surface area (Å²) in [7, 11) is 0. The third-order valence-electron chi connectivity index (χ3n) is 2.97. The van der Waals surface area contributed by atoms with Gasteiger partial charge in [0.1, 0.15) is 5.82 Å². The van der Waals surface area contributed by atoms with Gasteiger partial charge in [0.15, 0.2) is 0 Å². The normalized spacial score (nSPS) is 10.6. The van der Waals surface area contributed by atoms with E-state index in [9.17, 15) is 4.79 Å². The third kappa shape index (κ3) is 2.28. The molecule has 0 aliphatic heterocycles. The zero-order chi connectivity index (χ0) is 12.6. The minimum atomic E-state index is -0.106. The lowest BCUT2D eigenvalue weighted by molar-refractivity contribution is 1.07. The molecule has 3 nitrogen and oxygen atoms in total. The van der Waals surface area contributed by atoms with E-state index in [0.717, 1.165) is 16.8 Å². The molecule has 0 atom stereocenters. The van der Waals surface area contributed by atoms with Crippen molar-refractivity contribution in [2.75, 3.05) is 0 Å². The second kappa shape index (κ2) is 4.17. The summed E-state index contributed by atoms with van der Waals surface area (Å²) in [6.45, 7) is 8.00. The number of aromatic nitrogens is 2. The molecule has 0 aliphatic carbocycles. The third-order valence-corrected chi connectivity index (χ3v) is 2.97. The molecule has 3 heteroatoms. The lowest BCUT2D eigenvalue weighted by Crippen LogP contribution is -2.09. The zero-order valence-electron chi connectivity index (χ0n) is 10.6. The average Bonchev–Trinajstić information content (AvgIpc) is 2.22. The molecule has 0 aliphatic rings. The number of aryl methyl sites for hydroxylation is 4. The Morgan fingerprint density at radius 3 is 2.24 bits per heavy atom. The van der Waals surface area contributed by atoms with E-state index in [-0.39, 0.29) is 5.56 Å². The van der Waals surface area contributed by atoms with E-state index in [1.807, 2.05) is 13.8 Å². The van der Waals surface area contributed by atoms with E-state index in [0.29, 0.717) is 5.82 Å². The quantitative estimate of drug-likeness (QED) is 0.815. The Kier molecular flexibility index (Phi) is 2.84. The minimum absolute atomic E-state index is 0.106. The maximum Gasteiger partial charge on any atom is 0.251 e. The molecule has 0 spiro atoms. The highest BCUT2D eigenvalue weighted by atomic mass is 16.1. The van der Waals surface area contributed by atoms with E-state index < -0.39 is 0 Å². The second-order valence-electron chi connectivity index (χ2n) is 4.49. The maximum atomic E-state index is 11.5. The van der Waals surface area contributed by atoms with Crippen LogP contribution >= 0.6 is 0 Å². The van der Waals surface area contributed by atoms with E-state index in [2.05, 4.69) is 35.9 Å². The van der Waals surface area contributed by atoms with Crippen LogP contribution in [0.4, 0.5) is 0 Å². The summed E-state index contributed by atoms with van der Waals surface area (Å²) in [6.07, 6.45) is 0. The van der Waals surface area contributed by atoms with Gasteiger partial charge in [0.2, 0.25) is 0 Å². The molecular weight excluding hydrogens is 212 g/mol. The Labute approximate surface area is 101 Å². The summed E-state index contributed by atoms with van der Waals surface area (Å²) in [5.74, 6) is 0.649. The van der Waals surface area contributed by atoms with Crippen LogP contribution < -0.4 is 5.56 Å². The summed E-state index contributed by atoms with van der Waals surface area (Å²) in [4.78, 5) is 18.6. The Bertz CT molecular complexity index is 627. The smallest absolute Gasteiger partial charge is 0.251 e. The molecule has 1 N–H and O–H groups in total. The van der Waals surface area contributed by atoms with Gasteiger partial charge in [0.05, 0.1) is 0 Å². The molecule has 2 aromatic rings. The fourth-order valence-electron chi connectivity index (χ4n) is 1.92. The van der Waals surface area contributed by atoms with Gasteiger partial charge in [-0.05, 0) is 50.5 Å². The fourth-order valence-corrected chi connectivity index (χ4v) is 1.92. The SMILES string of the molecule is Cc1cc(=O)[nH]c(-c2cc(C)c(C)cc2C)n1. The second-order valence-corrected chi connectivity index (χ2v) is 4.49. The number of nitrogens with one attached hydrogen (secondary N) is 1. The van der Waals surface area contributed by atoms with Crippen molar-refractivity contribution < 1.29 is 0 Å². The van der Waals surface area contributed by atoms with Crippen molar-refractivity contribution in [3.63, 3.8) is 0 Å². The van der Waals surface area contributed by atoms with Crippen molar-refractivity contribution in [2.45, 2.75) is 27.7 Å². The zero-order valence-corrected chi connectivity index (χ0v) is 10.6. The van der Waals surface area contributed by atoms with Gasteiger partial charge in [-0.2, -0.15) is 0 Å². The minimum Gasteiger partial charge on any atom is -0.307 e. The van der Waals surface area contributed by atoms with Crippen molar-refractivity contribution in [2.24, 2.45) is 0 Å². The highest BCUT2D eigenvalue weighted by molar-refractivity contribution is 5.62. The lowest BCUT2D eigenvalue weighted by Gasteiger charge is -2.09. The Morgan fingerprint density at radius 1 is 0.941 bits per heavy atom. The van der Waals surface area contributed by atoms with E-state index >= 15 is 0 Å². The summed E-state index contributed by atoms with van der Waals surface area (Å²) < 4.78 is 0. The molecule has 1 heterocycles. The first-order valence-corrected chi connectivity index (χ1v) is 5.63. The molecule has 0 saturated heterocycles. The molecular formula is C14H16N2O. The van der Waals surface area contributed by atoms with Crippen LogP contribution in [0.15, 0.2) is 23.0 Å². The number of hydrogen-bond acceptors (Lipinski definition) is 2. The number of rotatable bonds is 1. The molecule has 17 heavy (non-hydrogen) atoms. The molecule has 1 aromatic carbocycles. The van der Waals surface area contributed by atoms with Crippen molar-refractivity contribution in [3.8, 4) is 11.4 Å². The first-order chi connectivity index (χ1) is 7.97. The fraction of sp³-hybridized carbons (Fsp3) is 0.286. The molecule has 0 unspecified atom stereocenters. The van der Waals surface area contributed by atoms with Crippen molar-refractivity contribution in [3.05, 3.63) is 50.9 Å². The van der Waals surface area contributed by atoms with Gasteiger partial charge >= 0.3 is 0 Å².